The third-order valence-corrected chi connectivity index (χ3v) is 5.87. The molecule has 2 N–H and O–H groups in total. The first-order valence-electron chi connectivity index (χ1n) is 10.8. The second-order valence-corrected chi connectivity index (χ2v) is 7.92. The average molecular weight is 390 g/mol. The summed E-state index contributed by atoms with van der Waals surface area (Å²) in [5.41, 5.74) is 2.52. The van der Waals surface area contributed by atoms with E-state index < -0.39 is 6.10 Å². The van der Waals surface area contributed by atoms with E-state index in [1.807, 2.05) is 18.2 Å². The van der Waals surface area contributed by atoms with Crippen LogP contribution in [0.5, 0.6) is 0 Å². The number of aliphatic hydroxyl groups excluding tert-OH is 1. The van der Waals surface area contributed by atoms with Gasteiger partial charge >= 0.3 is 0 Å². The number of fused-ring (bicyclic) bond motifs is 1. The van der Waals surface area contributed by atoms with E-state index in [1.54, 1.807) is 7.11 Å². The molecule has 1 aromatic carbocycles. The van der Waals surface area contributed by atoms with Gasteiger partial charge in [-0.05, 0) is 57.0 Å². The molecule has 0 aliphatic carbocycles. The highest BCUT2D eigenvalue weighted by atomic mass is 16.5. The summed E-state index contributed by atoms with van der Waals surface area (Å²) in [4.78, 5) is 17.3. The Hall–Kier alpha value is -1.63. The Bertz CT molecular complexity index is 631. The van der Waals surface area contributed by atoms with Crippen LogP contribution in [0, 0.1) is 0 Å². The molecular weight excluding hydrogens is 354 g/mol. The lowest BCUT2D eigenvalue weighted by molar-refractivity contribution is 0.0949. The summed E-state index contributed by atoms with van der Waals surface area (Å²) in [6.45, 7) is 6.23. The second kappa shape index (κ2) is 10.8. The van der Waals surface area contributed by atoms with E-state index in [9.17, 15) is 9.90 Å². The number of hydrogen-bond acceptors (Lipinski definition) is 5. The first-order valence-corrected chi connectivity index (χ1v) is 10.8. The number of anilines is 1. The largest absolute Gasteiger partial charge is 0.388 e. The first kappa shape index (κ1) is 21.1. The number of ether oxygens (including phenoxy) is 1. The van der Waals surface area contributed by atoms with Gasteiger partial charge in [0.15, 0.2) is 0 Å². The van der Waals surface area contributed by atoms with Crippen molar-refractivity contribution >= 4 is 11.6 Å². The number of carbonyl (C=O) groups excluding carboxylic acids is 1. The summed E-state index contributed by atoms with van der Waals surface area (Å²) in [6.07, 6.45) is 5.95. The Balaban J connectivity index is 1.71. The fourth-order valence-corrected chi connectivity index (χ4v) is 4.21. The fraction of sp³-hybridized carbons (Fsp3) is 0.682. The Kier molecular flexibility index (Phi) is 8.13. The molecule has 1 atom stereocenters. The smallest absolute Gasteiger partial charge is 0.251 e. The molecule has 28 heavy (non-hydrogen) atoms. The van der Waals surface area contributed by atoms with Crippen LogP contribution in [-0.4, -0.2) is 68.9 Å². The van der Waals surface area contributed by atoms with Crippen LogP contribution < -0.4 is 10.2 Å². The predicted octanol–water partition coefficient (Wildman–Crippen LogP) is 2.57. The normalized spacial score (nSPS) is 20.9. The molecule has 6 heteroatoms. The van der Waals surface area contributed by atoms with Gasteiger partial charge in [-0.3, -0.25) is 4.79 Å². The zero-order valence-electron chi connectivity index (χ0n) is 17.2. The molecule has 2 aliphatic heterocycles. The van der Waals surface area contributed by atoms with Gasteiger partial charge in [0.2, 0.25) is 0 Å². The highest BCUT2D eigenvalue weighted by molar-refractivity contribution is 5.95. The Morgan fingerprint density at radius 3 is 2.71 bits per heavy atom. The van der Waals surface area contributed by atoms with Crippen molar-refractivity contribution in [3.8, 4) is 0 Å². The van der Waals surface area contributed by atoms with Crippen LogP contribution in [0.25, 0.3) is 0 Å². The maximum Gasteiger partial charge on any atom is 0.251 e. The third kappa shape index (κ3) is 5.69. The molecule has 1 aromatic rings. The number of amides is 1. The summed E-state index contributed by atoms with van der Waals surface area (Å²) in [6, 6.07) is 5.76. The number of rotatable bonds is 7. The molecule has 1 unspecified atom stereocenters. The molecule has 1 amide bonds. The van der Waals surface area contributed by atoms with Crippen molar-refractivity contribution in [1.82, 2.24) is 10.2 Å². The van der Waals surface area contributed by atoms with E-state index in [4.69, 9.17) is 4.74 Å². The molecule has 2 aliphatic rings. The number of benzene rings is 1. The van der Waals surface area contributed by atoms with Crippen LogP contribution in [0.15, 0.2) is 18.2 Å². The van der Waals surface area contributed by atoms with Crippen LogP contribution in [0.1, 0.15) is 60.6 Å². The van der Waals surface area contributed by atoms with Gasteiger partial charge in [-0.25, -0.2) is 0 Å². The molecule has 156 valence electrons. The number of hydrogen-bond donors (Lipinski definition) is 2. The standard InChI is InChI=1S/C22H35N3O3/c1-28-16-15-25-13-4-2-3-7-21(26)19-17-18(8-9-20(19)25)22(27)23-10-14-24-11-5-6-12-24/h8-9,17,21,26H,2-7,10-16H2,1H3,(H,23,27). The van der Waals surface area contributed by atoms with Gasteiger partial charge in [0.25, 0.3) is 5.91 Å². The topological polar surface area (TPSA) is 65.0 Å². The minimum absolute atomic E-state index is 0.0579. The highest BCUT2D eigenvalue weighted by Crippen LogP contribution is 2.32. The minimum atomic E-state index is -0.532. The van der Waals surface area contributed by atoms with E-state index in [2.05, 4.69) is 15.1 Å². The summed E-state index contributed by atoms with van der Waals surface area (Å²) >= 11 is 0. The summed E-state index contributed by atoms with van der Waals surface area (Å²) in [7, 11) is 1.71. The summed E-state index contributed by atoms with van der Waals surface area (Å²) in [5, 5.41) is 13.8. The van der Waals surface area contributed by atoms with Gasteiger partial charge in [0, 0.05) is 50.1 Å². The van der Waals surface area contributed by atoms with Gasteiger partial charge < -0.3 is 25.0 Å². The molecule has 0 aromatic heterocycles. The molecule has 1 saturated heterocycles. The molecular formula is C22H35N3O3. The van der Waals surface area contributed by atoms with E-state index in [-0.39, 0.29) is 5.91 Å². The zero-order valence-corrected chi connectivity index (χ0v) is 17.2. The Morgan fingerprint density at radius 2 is 1.93 bits per heavy atom. The van der Waals surface area contributed by atoms with Gasteiger partial charge in [-0.1, -0.05) is 12.8 Å². The van der Waals surface area contributed by atoms with Crippen molar-refractivity contribution in [1.29, 1.82) is 0 Å². The zero-order chi connectivity index (χ0) is 19.8. The lowest BCUT2D eigenvalue weighted by atomic mass is 9.99. The molecule has 1 fully saturated rings. The quantitative estimate of drug-likeness (QED) is 0.750. The monoisotopic (exact) mass is 389 g/mol. The average Bonchev–Trinajstić information content (AvgIpc) is 3.24. The molecule has 0 spiro atoms. The number of aliphatic hydroxyl groups is 1. The van der Waals surface area contributed by atoms with Gasteiger partial charge in [-0.15, -0.1) is 0 Å². The molecule has 0 radical (unpaired) electrons. The number of likely N-dealkylation sites (tertiary alicyclic amines) is 1. The number of methoxy groups -OCH3 is 1. The van der Waals surface area contributed by atoms with Gasteiger partial charge in [0.05, 0.1) is 12.7 Å². The van der Waals surface area contributed by atoms with Gasteiger partial charge in [0.1, 0.15) is 0 Å². The lowest BCUT2D eigenvalue weighted by Gasteiger charge is -2.28. The third-order valence-electron chi connectivity index (χ3n) is 5.87. The maximum atomic E-state index is 12.6. The van der Waals surface area contributed by atoms with E-state index >= 15 is 0 Å². The summed E-state index contributed by atoms with van der Waals surface area (Å²) in [5.74, 6) is -0.0579. The molecule has 2 heterocycles. The molecule has 0 bridgehead atoms. The van der Waals surface area contributed by atoms with Crippen LogP contribution in [0.3, 0.4) is 0 Å². The predicted molar refractivity (Wildman–Crippen MR) is 112 cm³/mol. The molecule has 0 saturated carbocycles. The number of carbonyl (C=O) groups is 1. The molecule has 6 nitrogen and oxygen atoms in total. The van der Waals surface area contributed by atoms with Crippen molar-refractivity contribution in [2.75, 3.05) is 57.9 Å². The van der Waals surface area contributed by atoms with E-state index in [0.29, 0.717) is 18.7 Å². The van der Waals surface area contributed by atoms with Crippen LogP contribution in [0.4, 0.5) is 5.69 Å². The lowest BCUT2D eigenvalue weighted by Crippen LogP contribution is -2.33. The fourth-order valence-electron chi connectivity index (χ4n) is 4.21. The SMILES string of the molecule is COCCN1CCCCCC(O)c2cc(C(=O)NCCN3CCCC3)ccc21. The number of nitrogens with zero attached hydrogens (tertiary/aromatic N) is 2. The van der Waals surface area contributed by atoms with Crippen LogP contribution in [-0.2, 0) is 4.74 Å². The first-order chi connectivity index (χ1) is 13.7. The van der Waals surface area contributed by atoms with E-state index in [1.165, 1.54) is 12.8 Å². The van der Waals surface area contributed by atoms with Crippen LogP contribution >= 0.6 is 0 Å². The van der Waals surface area contributed by atoms with Crippen molar-refractivity contribution in [3.05, 3.63) is 29.3 Å². The highest BCUT2D eigenvalue weighted by Gasteiger charge is 2.21. The van der Waals surface area contributed by atoms with Crippen molar-refractivity contribution < 1.29 is 14.6 Å². The van der Waals surface area contributed by atoms with Crippen molar-refractivity contribution in [2.45, 2.75) is 44.6 Å². The Labute approximate surface area is 168 Å². The Morgan fingerprint density at radius 1 is 1.14 bits per heavy atom. The summed E-state index contributed by atoms with van der Waals surface area (Å²) < 4.78 is 5.27. The number of nitrogens with one attached hydrogen (secondary N) is 1. The second-order valence-electron chi connectivity index (χ2n) is 7.92. The van der Waals surface area contributed by atoms with Gasteiger partial charge in [-0.2, -0.15) is 0 Å². The minimum Gasteiger partial charge on any atom is -0.388 e. The van der Waals surface area contributed by atoms with E-state index in [0.717, 1.165) is 69.7 Å². The maximum absolute atomic E-state index is 12.6. The molecule has 3 rings (SSSR count). The van der Waals surface area contributed by atoms with Crippen LogP contribution in [0.2, 0.25) is 0 Å². The van der Waals surface area contributed by atoms with Crippen molar-refractivity contribution in [3.63, 3.8) is 0 Å². The van der Waals surface area contributed by atoms with Crippen molar-refractivity contribution in [2.24, 2.45) is 0 Å².